The van der Waals surface area contributed by atoms with Crippen molar-refractivity contribution in [3.63, 3.8) is 0 Å². The van der Waals surface area contributed by atoms with Gasteiger partial charge in [-0.05, 0) is 0 Å². The number of alkyl halides is 3. The molecule has 0 spiro atoms. The Hall–Kier alpha value is -1.46. The van der Waals surface area contributed by atoms with Crippen LogP contribution < -0.4 is 0 Å². The molecule has 0 saturated carbocycles. The molecule has 0 N–H and O–H groups in total. The first-order chi connectivity index (χ1) is 9.60. The fraction of sp³-hybridized carbons (Fsp3) is 0.400. The first-order valence-electron chi connectivity index (χ1n) is 5.57. The lowest BCUT2D eigenvalue weighted by Crippen LogP contribution is -2.21. The summed E-state index contributed by atoms with van der Waals surface area (Å²) in [5.41, 5.74) is -0.962. The lowest BCUT2D eigenvalue weighted by molar-refractivity contribution is -0.140. The maximum atomic E-state index is 12.4. The average molecular weight is 340 g/mol. The molecule has 2 rings (SSSR count). The summed E-state index contributed by atoms with van der Waals surface area (Å²) in [5, 5.41) is 4.93. The van der Waals surface area contributed by atoms with E-state index in [1.54, 1.807) is 0 Å². The third kappa shape index (κ3) is 3.41. The van der Waals surface area contributed by atoms with E-state index in [-0.39, 0.29) is 16.4 Å². The van der Waals surface area contributed by atoms with Crippen LogP contribution in [0.25, 0.3) is 0 Å². The van der Waals surface area contributed by atoms with Crippen molar-refractivity contribution in [2.24, 2.45) is 0 Å². The molecule has 0 radical (unpaired) electrons. The molecule has 11 heteroatoms. The van der Waals surface area contributed by atoms with E-state index in [4.69, 9.17) is 0 Å². The Morgan fingerprint density at radius 2 is 2.05 bits per heavy atom. The zero-order valence-corrected chi connectivity index (χ0v) is 12.6. The highest BCUT2D eigenvalue weighted by atomic mass is 32.2. The number of hydrogen-bond donors (Lipinski definition) is 0. The van der Waals surface area contributed by atoms with Gasteiger partial charge in [0, 0.05) is 25.7 Å². The van der Waals surface area contributed by atoms with Crippen molar-refractivity contribution in [2.75, 3.05) is 14.1 Å². The van der Waals surface area contributed by atoms with Gasteiger partial charge in [-0.3, -0.25) is 4.68 Å². The molecule has 0 amide bonds. The summed E-state index contributed by atoms with van der Waals surface area (Å²) < 4.78 is 63.2. The lowest BCUT2D eigenvalue weighted by atomic mass is 10.5. The van der Waals surface area contributed by atoms with Crippen molar-refractivity contribution in [3.05, 3.63) is 28.5 Å². The molecule has 116 valence electrons. The molecule has 0 aliphatic heterocycles. The molecule has 0 bridgehead atoms. The van der Waals surface area contributed by atoms with E-state index >= 15 is 0 Å². The molecule has 0 unspecified atom stereocenters. The van der Waals surface area contributed by atoms with Crippen molar-refractivity contribution in [3.8, 4) is 0 Å². The highest BCUT2D eigenvalue weighted by Gasteiger charge is 2.33. The number of aromatic nitrogens is 3. The Labute approximate surface area is 122 Å². The Morgan fingerprint density at radius 3 is 2.57 bits per heavy atom. The van der Waals surface area contributed by atoms with Crippen LogP contribution in [0.2, 0.25) is 0 Å². The molecule has 2 heterocycles. The van der Waals surface area contributed by atoms with Crippen LogP contribution in [-0.4, -0.2) is 41.6 Å². The van der Waals surface area contributed by atoms with Gasteiger partial charge in [-0.2, -0.15) is 18.3 Å². The predicted octanol–water partition coefficient (Wildman–Crippen LogP) is 1.66. The van der Waals surface area contributed by atoms with Crippen LogP contribution in [0.1, 0.15) is 10.7 Å². The Kier molecular flexibility index (Phi) is 4.08. The van der Waals surface area contributed by atoms with Crippen LogP contribution in [-0.2, 0) is 22.7 Å². The molecule has 21 heavy (non-hydrogen) atoms. The van der Waals surface area contributed by atoms with E-state index in [1.165, 1.54) is 25.0 Å². The number of sulfonamides is 1. The van der Waals surface area contributed by atoms with Crippen LogP contribution in [0.3, 0.4) is 0 Å². The fourth-order valence-corrected chi connectivity index (χ4v) is 3.08. The molecule has 0 saturated heterocycles. The van der Waals surface area contributed by atoms with Crippen molar-refractivity contribution in [1.82, 2.24) is 19.1 Å². The number of hydrogen-bond acceptors (Lipinski definition) is 5. The highest BCUT2D eigenvalue weighted by Crippen LogP contribution is 2.30. The van der Waals surface area contributed by atoms with Crippen LogP contribution in [0.5, 0.6) is 0 Å². The van der Waals surface area contributed by atoms with Gasteiger partial charge in [0.25, 0.3) is 0 Å². The monoisotopic (exact) mass is 340 g/mol. The molecule has 0 aromatic carbocycles. The normalized spacial score (nSPS) is 13.0. The number of rotatable bonds is 4. The summed E-state index contributed by atoms with van der Waals surface area (Å²) in [6, 6.07) is 0. The second-order valence-electron chi connectivity index (χ2n) is 4.29. The largest absolute Gasteiger partial charge is 0.434 e. The SMILES string of the molecule is CN(C)S(=O)(=O)c1cnn(Cc2nc(C(F)(F)F)cs2)c1. The summed E-state index contributed by atoms with van der Waals surface area (Å²) in [4.78, 5) is 3.43. The molecule has 0 fully saturated rings. The van der Waals surface area contributed by atoms with Gasteiger partial charge in [0.15, 0.2) is 5.69 Å². The summed E-state index contributed by atoms with van der Waals surface area (Å²) in [5.74, 6) is 0. The molecule has 2 aromatic heterocycles. The molecule has 0 aliphatic rings. The topological polar surface area (TPSA) is 68.1 Å². The van der Waals surface area contributed by atoms with Gasteiger partial charge in [-0.15, -0.1) is 11.3 Å². The first kappa shape index (κ1) is 15.9. The van der Waals surface area contributed by atoms with Gasteiger partial charge in [-0.1, -0.05) is 0 Å². The Morgan fingerprint density at radius 1 is 1.38 bits per heavy atom. The van der Waals surface area contributed by atoms with Gasteiger partial charge in [0.1, 0.15) is 9.90 Å². The minimum Gasteiger partial charge on any atom is -0.264 e. The average Bonchev–Trinajstić information content (AvgIpc) is 2.97. The summed E-state index contributed by atoms with van der Waals surface area (Å²) in [6.45, 7) is -0.0241. The molecule has 6 nitrogen and oxygen atoms in total. The number of nitrogens with zero attached hydrogens (tertiary/aromatic N) is 4. The van der Waals surface area contributed by atoms with Crippen molar-refractivity contribution < 1.29 is 21.6 Å². The number of thiazole rings is 1. The molecule has 0 aliphatic carbocycles. The van der Waals surface area contributed by atoms with E-state index in [0.29, 0.717) is 0 Å². The first-order valence-corrected chi connectivity index (χ1v) is 7.89. The highest BCUT2D eigenvalue weighted by molar-refractivity contribution is 7.89. The van der Waals surface area contributed by atoms with E-state index in [1.807, 2.05) is 0 Å². The molecular formula is C10H11F3N4O2S2. The molecule has 2 aromatic rings. The van der Waals surface area contributed by atoms with Crippen LogP contribution in [0.4, 0.5) is 13.2 Å². The van der Waals surface area contributed by atoms with Crippen LogP contribution in [0.15, 0.2) is 22.7 Å². The smallest absolute Gasteiger partial charge is 0.264 e. The fourth-order valence-electron chi connectivity index (χ4n) is 1.43. The number of halogens is 3. The van der Waals surface area contributed by atoms with Gasteiger partial charge in [0.05, 0.1) is 12.7 Å². The second kappa shape index (κ2) is 5.39. The molecular weight excluding hydrogens is 329 g/mol. The minimum atomic E-state index is -4.49. The van der Waals surface area contributed by atoms with Crippen LogP contribution in [0, 0.1) is 0 Å². The second-order valence-corrected chi connectivity index (χ2v) is 7.38. The summed E-state index contributed by atoms with van der Waals surface area (Å²) in [7, 11) is -0.857. The zero-order valence-electron chi connectivity index (χ0n) is 11.0. The van der Waals surface area contributed by atoms with Gasteiger partial charge < -0.3 is 0 Å². The van der Waals surface area contributed by atoms with Gasteiger partial charge in [0.2, 0.25) is 10.0 Å². The van der Waals surface area contributed by atoms with Gasteiger partial charge >= 0.3 is 6.18 Å². The standard InChI is InChI=1S/C10H11F3N4O2S2/c1-16(2)21(18,19)7-3-14-17(4-7)5-9-15-8(6-20-9)10(11,12)13/h3-4,6H,5H2,1-2H3. The van der Waals surface area contributed by atoms with E-state index in [0.717, 1.165) is 27.2 Å². The zero-order chi connectivity index (χ0) is 15.8. The van der Waals surface area contributed by atoms with E-state index in [9.17, 15) is 21.6 Å². The third-order valence-electron chi connectivity index (χ3n) is 2.53. The molecule has 0 atom stereocenters. The third-order valence-corrected chi connectivity index (χ3v) is 5.13. The minimum absolute atomic E-state index is 0.0241. The maximum Gasteiger partial charge on any atom is 0.434 e. The van der Waals surface area contributed by atoms with Crippen molar-refractivity contribution in [2.45, 2.75) is 17.6 Å². The van der Waals surface area contributed by atoms with Crippen molar-refractivity contribution >= 4 is 21.4 Å². The summed E-state index contributed by atoms with van der Waals surface area (Å²) >= 11 is 0.842. The van der Waals surface area contributed by atoms with E-state index in [2.05, 4.69) is 10.1 Å². The van der Waals surface area contributed by atoms with E-state index < -0.39 is 21.9 Å². The van der Waals surface area contributed by atoms with Gasteiger partial charge in [-0.25, -0.2) is 17.7 Å². The van der Waals surface area contributed by atoms with Crippen molar-refractivity contribution in [1.29, 1.82) is 0 Å². The summed E-state index contributed by atoms with van der Waals surface area (Å²) in [6.07, 6.45) is -2.09. The quantitative estimate of drug-likeness (QED) is 0.849. The lowest BCUT2D eigenvalue weighted by Gasteiger charge is -2.08. The maximum absolute atomic E-state index is 12.4. The Bertz CT molecular complexity index is 734. The van der Waals surface area contributed by atoms with Crippen LogP contribution >= 0.6 is 11.3 Å². The Balaban J connectivity index is 2.19. The predicted molar refractivity (Wildman–Crippen MR) is 69.3 cm³/mol.